The molecule has 9 nitrogen and oxygen atoms in total. The molecule has 1 unspecified atom stereocenters. The predicted molar refractivity (Wildman–Crippen MR) is 73.1 cm³/mol. The first-order valence-electron chi connectivity index (χ1n) is 6.64. The van der Waals surface area contributed by atoms with Crippen LogP contribution in [0.1, 0.15) is 12.8 Å². The van der Waals surface area contributed by atoms with Crippen molar-refractivity contribution in [1.82, 2.24) is 14.9 Å². The van der Waals surface area contributed by atoms with E-state index in [1.807, 2.05) is 0 Å². The van der Waals surface area contributed by atoms with Gasteiger partial charge in [-0.1, -0.05) is 0 Å². The molecule has 3 saturated heterocycles. The number of nitro groups is 1. The fraction of sp³-hybridized carbons (Fsp3) is 0.636. The lowest BCUT2D eigenvalue weighted by molar-refractivity contribution is -0.383. The van der Waals surface area contributed by atoms with Gasteiger partial charge in [-0.25, -0.2) is 15.8 Å². The van der Waals surface area contributed by atoms with Crippen molar-refractivity contribution in [1.29, 1.82) is 0 Å². The minimum absolute atomic E-state index is 0.0220. The molecule has 1 aromatic heterocycles. The van der Waals surface area contributed by atoms with Crippen LogP contribution in [0.15, 0.2) is 6.33 Å². The zero-order valence-electron chi connectivity index (χ0n) is 11.0. The topological polar surface area (TPSA) is 122 Å². The largest absolute Gasteiger partial charge is 0.360 e. The van der Waals surface area contributed by atoms with Crippen molar-refractivity contribution in [2.75, 3.05) is 30.4 Å². The monoisotopic (exact) mass is 279 g/mol. The summed E-state index contributed by atoms with van der Waals surface area (Å²) < 4.78 is 0. The molecule has 1 atom stereocenters. The maximum Gasteiger partial charge on any atom is 0.354 e. The van der Waals surface area contributed by atoms with E-state index in [-0.39, 0.29) is 23.4 Å². The van der Waals surface area contributed by atoms with Crippen molar-refractivity contribution < 1.29 is 4.92 Å². The number of aromatic nitrogens is 2. The summed E-state index contributed by atoms with van der Waals surface area (Å²) in [4.78, 5) is 20.8. The number of nitrogens with zero attached hydrogens (tertiary/aromatic N) is 4. The van der Waals surface area contributed by atoms with Gasteiger partial charge >= 0.3 is 5.69 Å². The zero-order chi connectivity index (χ0) is 14.1. The Hall–Kier alpha value is -2.00. The van der Waals surface area contributed by atoms with Crippen molar-refractivity contribution in [2.24, 2.45) is 11.8 Å². The molecule has 0 aromatic carbocycles. The second-order valence-electron chi connectivity index (χ2n) is 5.21. The number of anilines is 2. The molecule has 3 fully saturated rings. The summed E-state index contributed by atoms with van der Waals surface area (Å²) in [6.45, 7) is 3.13. The van der Waals surface area contributed by atoms with E-state index in [2.05, 4.69) is 25.6 Å². The third kappa shape index (κ3) is 2.25. The summed E-state index contributed by atoms with van der Waals surface area (Å²) in [5, 5.41) is 14.4. The summed E-state index contributed by atoms with van der Waals surface area (Å²) in [5.41, 5.74) is 2.04. The predicted octanol–water partition coefficient (Wildman–Crippen LogP) is 0.176. The summed E-state index contributed by atoms with van der Waals surface area (Å²) >= 11 is 0. The first-order chi connectivity index (χ1) is 9.69. The highest BCUT2D eigenvalue weighted by atomic mass is 16.6. The molecular formula is C11H17N7O2. The average molecular weight is 279 g/mol. The minimum Gasteiger partial charge on any atom is -0.360 e. The Morgan fingerprint density at radius 1 is 1.35 bits per heavy atom. The number of hydrogen-bond acceptors (Lipinski definition) is 8. The number of hydrazine groups is 1. The van der Waals surface area contributed by atoms with E-state index in [1.165, 1.54) is 6.33 Å². The first kappa shape index (κ1) is 13.0. The third-order valence-electron chi connectivity index (χ3n) is 4.12. The van der Waals surface area contributed by atoms with Crippen LogP contribution in [-0.4, -0.2) is 45.5 Å². The molecule has 0 radical (unpaired) electrons. The number of nitrogen functional groups attached to an aromatic ring is 1. The highest BCUT2D eigenvalue weighted by molar-refractivity contribution is 5.69. The van der Waals surface area contributed by atoms with Crippen LogP contribution in [0.2, 0.25) is 0 Å². The molecule has 0 saturated carbocycles. The number of piperidine rings is 3. The Kier molecular flexibility index (Phi) is 3.36. The number of nitrogens with one attached hydrogen (secondary N) is 2. The van der Waals surface area contributed by atoms with Gasteiger partial charge in [0.1, 0.15) is 6.33 Å². The molecule has 108 valence electrons. The molecule has 0 aliphatic carbocycles. The SMILES string of the molecule is NNc1ncnc(NC2CN3CCC2CC3)c1[N+](=O)[O-]. The van der Waals surface area contributed by atoms with Gasteiger partial charge in [0.2, 0.25) is 11.6 Å². The van der Waals surface area contributed by atoms with Crippen molar-refractivity contribution in [3.63, 3.8) is 0 Å². The third-order valence-corrected chi connectivity index (χ3v) is 4.12. The summed E-state index contributed by atoms with van der Waals surface area (Å²) in [5.74, 6) is 6.07. The lowest BCUT2D eigenvalue weighted by Gasteiger charge is -2.45. The molecule has 3 aliphatic rings. The molecular weight excluding hydrogens is 262 g/mol. The maximum atomic E-state index is 11.2. The maximum absolute atomic E-state index is 11.2. The molecule has 9 heteroatoms. The van der Waals surface area contributed by atoms with Crippen LogP contribution in [0.4, 0.5) is 17.3 Å². The van der Waals surface area contributed by atoms with Gasteiger partial charge in [0.25, 0.3) is 0 Å². The Morgan fingerprint density at radius 2 is 2.05 bits per heavy atom. The van der Waals surface area contributed by atoms with Gasteiger partial charge in [-0.15, -0.1) is 0 Å². The molecule has 4 N–H and O–H groups in total. The smallest absolute Gasteiger partial charge is 0.354 e. The van der Waals surface area contributed by atoms with E-state index >= 15 is 0 Å². The van der Waals surface area contributed by atoms with Gasteiger partial charge < -0.3 is 15.6 Å². The lowest BCUT2D eigenvalue weighted by Crippen LogP contribution is -2.53. The van der Waals surface area contributed by atoms with Crippen LogP contribution in [0.3, 0.4) is 0 Å². The van der Waals surface area contributed by atoms with Gasteiger partial charge in [0.15, 0.2) is 0 Å². The summed E-state index contributed by atoms with van der Waals surface area (Å²) in [6.07, 6.45) is 3.52. The lowest BCUT2D eigenvalue weighted by atomic mass is 9.84. The van der Waals surface area contributed by atoms with Crippen LogP contribution in [0.5, 0.6) is 0 Å². The van der Waals surface area contributed by atoms with Crippen LogP contribution in [0, 0.1) is 16.0 Å². The Balaban J connectivity index is 1.85. The molecule has 3 aliphatic heterocycles. The molecule has 4 rings (SSSR count). The summed E-state index contributed by atoms with van der Waals surface area (Å²) in [6, 6.07) is 0.191. The molecule has 0 spiro atoms. The quantitative estimate of drug-likeness (QED) is 0.405. The fourth-order valence-electron chi connectivity index (χ4n) is 3.07. The van der Waals surface area contributed by atoms with Gasteiger partial charge in [0, 0.05) is 12.6 Å². The standard InChI is InChI=1S/C11H17N7O2/c12-16-11-9(18(19)20)10(13-6-14-11)15-8-5-17-3-1-7(8)2-4-17/h6-8H,1-5,12H2,(H2,13,14,15,16). The zero-order valence-corrected chi connectivity index (χ0v) is 11.0. The van der Waals surface area contributed by atoms with E-state index in [9.17, 15) is 10.1 Å². The summed E-state index contributed by atoms with van der Waals surface area (Å²) in [7, 11) is 0. The highest BCUT2D eigenvalue weighted by Gasteiger charge is 2.35. The van der Waals surface area contributed by atoms with E-state index in [1.54, 1.807) is 0 Å². The highest BCUT2D eigenvalue weighted by Crippen LogP contribution is 2.33. The number of fused-ring (bicyclic) bond motifs is 3. The Labute approximate surface area is 115 Å². The van der Waals surface area contributed by atoms with Gasteiger partial charge in [-0.2, -0.15) is 0 Å². The second kappa shape index (κ2) is 5.17. The number of nitrogens with two attached hydrogens (primary N) is 1. The number of hydrogen-bond donors (Lipinski definition) is 3. The molecule has 4 heterocycles. The van der Waals surface area contributed by atoms with Crippen molar-refractivity contribution in [3.8, 4) is 0 Å². The van der Waals surface area contributed by atoms with Crippen LogP contribution < -0.4 is 16.6 Å². The Bertz CT molecular complexity index is 515. The average Bonchev–Trinajstić information content (AvgIpc) is 2.48. The van der Waals surface area contributed by atoms with Crippen molar-refractivity contribution in [2.45, 2.75) is 18.9 Å². The van der Waals surface area contributed by atoms with Crippen LogP contribution in [-0.2, 0) is 0 Å². The van der Waals surface area contributed by atoms with Gasteiger partial charge in [-0.3, -0.25) is 10.1 Å². The van der Waals surface area contributed by atoms with Crippen molar-refractivity contribution in [3.05, 3.63) is 16.4 Å². The van der Waals surface area contributed by atoms with Crippen molar-refractivity contribution >= 4 is 17.3 Å². The van der Waals surface area contributed by atoms with Crippen LogP contribution in [0.25, 0.3) is 0 Å². The molecule has 20 heavy (non-hydrogen) atoms. The second-order valence-corrected chi connectivity index (χ2v) is 5.21. The molecule has 0 amide bonds. The van der Waals surface area contributed by atoms with E-state index in [0.717, 1.165) is 32.5 Å². The van der Waals surface area contributed by atoms with Gasteiger partial charge in [-0.05, 0) is 31.8 Å². The first-order valence-corrected chi connectivity index (χ1v) is 6.64. The molecule has 2 bridgehead atoms. The van der Waals surface area contributed by atoms with E-state index in [0.29, 0.717) is 5.92 Å². The number of rotatable bonds is 4. The normalized spacial score (nSPS) is 28.1. The van der Waals surface area contributed by atoms with E-state index in [4.69, 9.17) is 5.84 Å². The minimum atomic E-state index is -0.515. The molecule has 1 aromatic rings. The van der Waals surface area contributed by atoms with Gasteiger partial charge in [0.05, 0.1) is 4.92 Å². The van der Waals surface area contributed by atoms with E-state index < -0.39 is 4.92 Å². The Morgan fingerprint density at radius 3 is 2.60 bits per heavy atom. The fourth-order valence-corrected chi connectivity index (χ4v) is 3.07. The van der Waals surface area contributed by atoms with Crippen LogP contribution >= 0.6 is 0 Å².